The van der Waals surface area contributed by atoms with Gasteiger partial charge in [-0.2, -0.15) is 0 Å². The second-order valence-electron chi connectivity index (χ2n) is 2.49. The summed E-state index contributed by atoms with van der Waals surface area (Å²) in [5.41, 5.74) is 6.19. The van der Waals surface area contributed by atoms with Crippen molar-refractivity contribution in [2.75, 3.05) is 0 Å². The van der Waals surface area contributed by atoms with E-state index >= 15 is 0 Å². The normalized spacial score (nSPS) is 10.8. The summed E-state index contributed by atoms with van der Waals surface area (Å²) in [6, 6.07) is 0.368. The van der Waals surface area contributed by atoms with Crippen molar-refractivity contribution >= 4 is 0 Å². The van der Waals surface area contributed by atoms with Gasteiger partial charge in [-0.25, -0.2) is 4.68 Å². The Kier molecular flexibility index (Phi) is 2.01. The average molecular weight is 140 g/mol. The van der Waals surface area contributed by atoms with Crippen LogP contribution in [0, 0.1) is 0 Å². The van der Waals surface area contributed by atoms with E-state index < -0.39 is 0 Å². The molecule has 0 aliphatic heterocycles. The van der Waals surface area contributed by atoms with Crippen LogP contribution in [0.5, 0.6) is 0 Å². The number of hydrogen-bond acceptors (Lipinski definition) is 3. The first-order chi connectivity index (χ1) is 4.74. The Morgan fingerprint density at radius 1 is 1.70 bits per heavy atom. The van der Waals surface area contributed by atoms with Gasteiger partial charge in [0, 0.05) is 12.6 Å². The summed E-state index contributed by atoms with van der Waals surface area (Å²) in [4.78, 5) is 0. The number of hydrogen-bond donors (Lipinski definition) is 1. The molecule has 0 aromatic carbocycles. The summed E-state index contributed by atoms with van der Waals surface area (Å²) >= 11 is 0. The molecule has 56 valence electrons. The average Bonchev–Trinajstić information content (AvgIpc) is 2.34. The van der Waals surface area contributed by atoms with Crippen molar-refractivity contribution in [1.82, 2.24) is 15.0 Å². The van der Waals surface area contributed by atoms with Crippen molar-refractivity contribution in [3.8, 4) is 0 Å². The monoisotopic (exact) mass is 140 g/mol. The van der Waals surface area contributed by atoms with Gasteiger partial charge < -0.3 is 5.73 Å². The number of nitrogens with zero attached hydrogens (tertiary/aromatic N) is 3. The van der Waals surface area contributed by atoms with E-state index in [9.17, 15) is 0 Å². The quantitative estimate of drug-likeness (QED) is 0.643. The van der Waals surface area contributed by atoms with Crippen LogP contribution >= 0.6 is 0 Å². The molecule has 0 radical (unpaired) electrons. The maximum absolute atomic E-state index is 5.35. The Balaban J connectivity index is 2.78. The molecule has 1 aromatic heterocycles. The van der Waals surface area contributed by atoms with Gasteiger partial charge >= 0.3 is 0 Å². The minimum absolute atomic E-state index is 0.368. The zero-order chi connectivity index (χ0) is 7.56. The number of aromatic nitrogens is 3. The first-order valence-electron chi connectivity index (χ1n) is 3.35. The Hall–Kier alpha value is -0.900. The fourth-order valence-corrected chi connectivity index (χ4v) is 0.659. The summed E-state index contributed by atoms with van der Waals surface area (Å²) in [6.07, 6.45) is 1.87. The first-order valence-corrected chi connectivity index (χ1v) is 3.35. The Morgan fingerprint density at radius 3 is 2.70 bits per heavy atom. The SMILES string of the molecule is CC(C)n1cc(CN)nn1. The first kappa shape index (κ1) is 7.21. The Bertz CT molecular complexity index is 203. The smallest absolute Gasteiger partial charge is 0.0962 e. The fraction of sp³-hybridized carbons (Fsp3) is 0.667. The van der Waals surface area contributed by atoms with Crippen LogP contribution in [0.15, 0.2) is 6.20 Å². The summed E-state index contributed by atoms with van der Waals surface area (Å²) in [6.45, 7) is 4.57. The Labute approximate surface area is 60.0 Å². The predicted molar refractivity (Wildman–Crippen MR) is 38.3 cm³/mol. The van der Waals surface area contributed by atoms with Crippen molar-refractivity contribution in [2.24, 2.45) is 5.73 Å². The van der Waals surface area contributed by atoms with Crippen LogP contribution in [0.3, 0.4) is 0 Å². The molecule has 4 heteroatoms. The summed E-state index contributed by atoms with van der Waals surface area (Å²) in [5.74, 6) is 0. The second-order valence-corrected chi connectivity index (χ2v) is 2.49. The lowest BCUT2D eigenvalue weighted by Crippen LogP contribution is -2.00. The number of nitrogens with two attached hydrogens (primary N) is 1. The van der Waals surface area contributed by atoms with Gasteiger partial charge in [0.05, 0.1) is 11.9 Å². The van der Waals surface area contributed by atoms with E-state index in [0.29, 0.717) is 12.6 Å². The van der Waals surface area contributed by atoms with Crippen LogP contribution in [0.2, 0.25) is 0 Å². The molecular weight excluding hydrogens is 128 g/mol. The van der Waals surface area contributed by atoms with E-state index in [0.717, 1.165) is 5.69 Å². The largest absolute Gasteiger partial charge is 0.325 e. The van der Waals surface area contributed by atoms with E-state index in [-0.39, 0.29) is 0 Å². The third-order valence-corrected chi connectivity index (χ3v) is 1.30. The highest BCUT2D eigenvalue weighted by atomic mass is 15.4. The molecule has 0 spiro atoms. The molecule has 1 rings (SSSR count). The van der Waals surface area contributed by atoms with Gasteiger partial charge in [0.15, 0.2) is 0 Å². The molecular formula is C6H12N4. The zero-order valence-electron chi connectivity index (χ0n) is 6.28. The Morgan fingerprint density at radius 2 is 2.40 bits per heavy atom. The van der Waals surface area contributed by atoms with E-state index in [1.165, 1.54) is 0 Å². The molecule has 0 saturated heterocycles. The summed E-state index contributed by atoms with van der Waals surface area (Å²) in [5, 5.41) is 7.72. The molecule has 0 fully saturated rings. The van der Waals surface area contributed by atoms with Gasteiger partial charge in [-0.1, -0.05) is 5.21 Å². The molecule has 0 bridgehead atoms. The standard InChI is InChI=1S/C6H12N4/c1-5(2)10-4-6(3-7)8-9-10/h4-5H,3,7H2,1-2H3. The molecule has 0 aliphatic rings. The fourth-order valence-electron chi connectivity index (χ4n) is 0.659. The maximum Gasteiger partial charge on any atom is 0.0962 e. The van der Waals surface area contributed by atoms with Gasteiger partial charge in [-0.3, -0.25) is 0 Å². The molecule has 10 heavy (non-hydrogen) atoms. The van der Waals surface area contributed by atoms with Crippen molar-refractivity contribution in [2.45, 2.75) is 26.4 Å². The molecule has 0 amide bonds. The van der Waals surface area contributed by atoms with E-state index in [1.54, 1.807) is 4.68 Å². The van der Waals surface area contributed by atoms with Crippen LogP contribution in [0.4, 0.5) is 0 Å². The van der Waals surface area contributed by atoms with Crippen LogP contribution in [0.1, 0.15) is 25.6 Å². The molecule has 1 heterocycles. The minimum Gasteiger partial charge on any atom is -0.325 e. The van der Waals surface area contributed by atoms with E-state index in [2.05, 4.69) is 24.2 Å². The van der Waals surface area contributed by atoms with E-state index in [1.807, 2.05) is 6.20 Å². The molecule has 2 N–H and O–H groups in total. The van der Waals surface area contributed by atoms with Crippen LogP contribution in [-0.2, 0) is 6.54 Å². The highest BCUT2D eigenvalue weighted by Gasteiger charge is 1.99. The maximum atomic E-state index is 5.35. The molecule has 0 unspecified atom stereocenters. The molecule has 1 aromatic rings. The van der Waals surface area contributed by atoms with Gasteiger partial charge in [0.2, 0.25) is 0 Å². The van der Waals surface area contributed by atoms with E-state index in [4.69, 9.17) is 5.73 Å². The lowest BCUT2D eigenvalue weighted by Gasteiger charge is -2.00. The van der Waals surface area contributed by atoms with Gasteiger partial charge in [0.1, 0.15) is 0 Å². The lowest BCUT2D eigenvalue weighted by molar-refractivity contribution is 0.514. The third-order valence-electron chi connectivity index (χ3n) is 1.30. The highest BCUT2D eigenvalue weighted by molar-refractivity contribution is 4.90. The van der Waals surface area contributed by atoms with Gasteiger partial charge in [-0.15, -0.1) is 5.10 Å². The lowest BCUT2D eigenvalue weighted by atomic mass is 10.4. The second kappa shape index (κ2) is 2.79. The van der Waals surface area contributed by atoms with Gasteiger partial charge in [-0.05, 0) is 13.8 Å². The van der Waals surface area contributed by atoms with Crippen molar-refractivity contribution < 1.29 is 0 Å². The summed E-state index contributed by atoms with van der Waals surface area (Å²) < 4.78 is 1.79. The van der Waals surface area contributed by atoms with Crippen molar-refractivity contribution in [1.29, 1.82) is 0 Å². The van der Waals surface area contributed by atoms with Crippen LogP contribution in [0.25, 0.3) is 0 Å². The van der Waals surface area contributed by atoms with Crippen LogP contribution < -0.4 is 5.73 Å². The van der Waals surface area contributed by atoms with Crippen LogP contribution in [-0.4, -0.2) is 15.0 Å². The topological polar surface area (TPSA) is 56.7 Å². The molecule has 0 atom stereocenters. The number of rotatable bonds is 2. The van der Waals surface area contributed by atoms with Crippen molar-refractivity contribution in [3.63, 3.8) is 0 Å². The zero-order valence-corrected chi connectivity index (χ0v) is 6.28. The molecule has 0 saturated carbocycles. The third kappa shape index (κ3) is 1.33. The molecule has 4 nitrogen and oxygen atoms in total. The predicted octanol–water partition coefficient (Wildman–Crippen LogP) is 0.318. The summed E-state index contributed by atoms with van der Waals surface area (Å²) in [7, 11) is 0. The molecule has 0 aliphatic carbocycles. The van der Waals surface area contributed by atoms with Crippen molar-refractivity contribution in [3.05, 3.63) is 11.9 Å². The van der Waals surface area contributed by atoms with Gasteiger partial charge in [0.25, 0.3) is 0 Å². The minimum atomic E-state index is 0.368. The highest BCUT2D eigenvalue weighted by Crippen LogP contribution is 2.00.